The lowest BCUT2D eigenvalue weighted by atomic mass is 10.1. The van der Waals surface area contributed by atoms with E-state index in [4.69, 9.17) is 5.11 Å². The molecule has 5 nitrogen and oxygen atoms in total. The highest BCUT2D eigenvalue weighted by atomic mass is 32.1. The van der Waals surface area contributed by atoms with E-state index in [9.17, 15) is 9.59 Å². The van der Waals surface area contributed by atoms with Crippen LogP contribution < -0.4 is 5.32 Å². The number of carboxylic acids is 1. The lowest BCUT2D eigenvalue weighted by Crippen LogP contribution is -2.24. The number of nitrogens with one attached hydrogen (secondary N) is 1. The number of carbonyl (C=O) groups excluding carboxylic acids is 1. The molecule has 1 amide bonds. The molecule has 1 heterocycles. The second-order valence-electron chi connectivity index (χ2n) is 5.23. The van der Waals surface area contributed by atoms with Gasteiger partial charge in [-0.25, -0.2) is 9.78 Å². The molecule has 22 heavy (non-hydrogen) atoms. The molecule has 116 valence electrons. The van der Waals surface area contributed by atoms with Gasteiger partial charge in [0.15, 0.2) is 0 Å². The maximum atomic E-state index is 12.0. The number of carboxylic acid groups (broad SMARTS) is 1. The molecule has 0 aliphatic carbocycles. The molecule has 0 aliphatic rings. The Morgan fingerprint density at radius 2 is 2.14 bits per heavy atom. The smallest absolute Gasteiger partial charge is 0.335 e. The van der Waals surface area contributed by atoms with Gasteiger partial charge in [0.25, 0.3) is 5.91 Å². The topological polar surface area (TPSA) is 79.3 Å². The predicted molar refractivity (Wildman–Crippen MR) is 85.6 cm³/mol. The zero-order valence-corrected chi connectivity index (χ0v) is 13.3. The largest absolute Gasteiger partial charge is 0.478 e. The molecule has 2 rings (SSSR count). The molecule has 0 saturated heterocycles. The first-order valence-electron chi connectivity index (χ1n) is 7.03. The summed E-state index contributed by atoms with van der Waals surface area (Å²) in [6.45, 7) is 4.53. The van der Waals surface area contributed by atoms with Crippen LogP contribution in [0.4, 0.5) is 0 Å². The maximum Gasteiger partial charge on any atom is 0.335 e. The first-order chi connectivity index (χ1) is 10.5. The minimum absolute atomic E-state index is 0.140. The van der Waals surface area contributed by atoms with E-state index < -0.39 is 5.97 Å². The number of benzene rings is 1. The van der Waals surface area contributed by atoms with Crippen molar-refractivity contribution in [3.63, 3.8) is 0 Å². The van der Waals surface area contributed by atoms with E-state index in [2.05, 4.69) is 10.3 Å². The van der Waals surface area contributed by atoms with Crippen molar-refractivity contribution < 1.29 is 14.7 Å². The van der Waals surface area contributed by atoms with E-state index in [1.54, 1.807) is 24.4 Å². The number of hydrogen-bond acceptors (Lipinski definition) is 4. The van der Waals surface area contributed by atoms with Crippen LogP contribution in [0.5, 0.6) is 0 Å². The van der Waals surface area contributed by atoms with Crippen LogP contribution in [-0.2, 0) is 6.42 Å². The summed E-state index contributed by atoms with van der Waals surface area (Å²) in [6, 6.07) is 6.73. The second kappa shape index (κ2) is 7.17. The number of aromatic carboxylic acids is 1. The van der Waals surface area contributed by atoms with E-state index >= 15 is 0 Å². The van der Waals surface area contributed by atoms with Crippen molar-refractivity contribution in [1.82, 2.24) is 10.3 Å². The van der Waals surface area contributed by atoms with Gasteiger partial charge in [-0.05, 0) is 24.1 Å². The summed E-state index contributed by atoms with van der Waals surface area (Å²) >= 11 is 1.40. The normalized spacial score (nSPS) is 10.7. The standard InChI is InChI=1S/C16H18N2O3S/c1-10(2)15-18-9-13(22-15)14(19)17-7-6-11-4-3-5-12(8-11)16(20)21/h3-5,8-10H,6-7H2,1-2H3,(H,17,19)(H,20,21). The Bertz CT molecular complexity index is 680. The van der Waals surface area contributed by atoms with E-state index in [0.29, 0.717) is 23.8 Å². The van der Waals surface area contributed by atoms with Crippen LogP contribution in [0.25, 0.3) is 0 Å². The molecular weight excluding hydrogens is 300 g/mol. The van der Waals surface area contributed by atoms with E-state index in [0.717, 1.165) is 10.6 Å². The van der Waals surface area contributed by atoms with Crippen molar-refractivity contribution in [2.24, 2.45) is 0 Å². The van der Waals surface area contributed by atoms with Crippen molar-refractivity contribution in [3.05, 3.63) is 51.5 Å². The highest BCUT2D eigenvalue weighted by molar-refractivity contribution is 7.13. The number of thiazole rings is 1. The van der Waals surface area contributed by atoms with Crippen molar-refractivity contribution in [2.75, 3.05) is 6.54 Å². The molecular formula is C16H18N2O3S. The van der Waals surface area contributed by atoms with Crippen LogP contribution in [-0.4, -0.2) is 28.5 Å². The lowest BCUT2D eigenvalue weighted by Gasteiger charge is -2.04. The number of rotatable bonds is 6. The molecule has 1 aromatic heterocycles. The Balaban J connectivity index is 1.89. The van der Waals surface area contributed by atoms with Crippen molar-refractivity contribution in [2.45, 2.75) is 26.2 Å². The summed E-state index contributed by atoms with van der Waals surface area (Å²) in [4.78, 5) is 27.7. The molecule has 2 N–H and O–H groups in total. The third-order valence-corrected chi connectivity index (χ3v) is 4.41. The van der Waals surface area contributed by atoms with E-state index in [-0.39, 0.29) is 11.5 Å². The fourth-order valence-corrected chi connectivity index (χ4v) is 2.76. The molecule has 0 saturated carbocycles. The molecule has 0 unspecified atom stereocenters. The first-order valence-corrected chi connectivity index (χ1v) is 7.85. The zero-order chi connectivity index (χ0) is 16.1. The SMILES string of the molecule is CC(C)c1ncc(C(=O)NCCc2cccc(C(=O)O)c2)s1. The average molecular weight is 318 g/mol. The van der Waals surface area contributed by atoms with Crippen molar-refractivity contribution >= 4 is 23.2 Å². The average Bonchev–Trinajstić information content (AvgIpc) is 2.97. The molecule has 0 fully saturated rings. The van der Waals surface area contributed by atoms with Gasteiger partial charge in [-0.3, -0.25) is 4.79 Å². The van der Waals surface area contributed by atoms with Crippen LogP contribution in [0.3, 0.4) is 0 Å². The predicted octanol–water partition coefficient (Wildman–Crippen LogP) is 2.94. The van der Waals surface area contributed by atoms with Crippen LogP contribution in [0.2, 0.25) is 0 Å². The fraction of sp³-hybridized carbons (Fsp3) is 0.312. The summed E-state index contributed by atoms with van der Waals surface area (Å²) in [5.74, 6) is -0.777. The molecule has 2 aromatic rings. The Morgan fingerprint density at radius 1 is 1.36 bits per heavy atom. The maximum absolute atomic E-state index is 12.0. The van der Waals surface area contributed by atoms with Crippen molar-refractivity contribution in [1.29, 1.82) is 0 Å². The molecule has 0 aliphatic heterocycles. The Labute approximate surface area is 133 Å². The van der Waals surface area contributed by atoms with Crippen LogP contribution >= 0.6 is 11.3 Å². The van der Waals surface area contributed by atoms with Gasteiger partial charge in [0.05, 0.1) is 16.8 Å². The summed E-state index contributed by atoms with van der Waals surface area (Å²) in [5.41, 5.74) is 1.14. The zero-order valence-electron chi connectivity index (χ0n) is 12.5. The van der Waals surface area contributed by atoms with Gasteiger partial charge in [-0.2, -0.15) is 0 Å². The Hall–Kier alpha value is -2.21. The monoisotopic (exact) mass is 318 g/mol. The summed E-state index contributed by atoms with van der Waals surface area (Å²) in [6.07, 6.45) is 2.18. The number of nitrogens with zero attached hydrogens (tertiary/aromatic N) is 1. The summed E-state index contributed by atoms with van der Waals surface area (Å²) < 4.78 is 0. The molecule has 0 spiro atoms. The fourth-order valence-electron chi connectivity index (χ4n) is 1.93. The molecule has 1 aromatic carbocycles. The minimum atomic E-state index is -0.947. The first kappa shape index (κ1) is 16.2. The highest BCUT2D eigenvalue weighted by Crippen LogP contribution is 2.20. The quantitative estimate of drug-likeness (QED) is 0.858. The second-order valence-corrected chi connectivity index (χ2v) is 6.29. The molecule has 0 bridgehead atoms. The van der Waals surface area contributed by atoms with Gasteiger partial charge in [0, 0.05) is 12.5 Å². The number of amides is 1. The molecule has 6 heteroatoms. The lowest BCUT2D eigenvalue weighted by molar-refractivity contribution is 0.0696. The van der Waals surface area contributed by atoms with Gasteiger partial charge in [0.2, 0.25) is 0 Å². The minimum Gasteiger partial charge on any atom is -0.478 e. The van der Waals surface area contributed by atoms with Gasteiger partial charge >= 0.3 is 5.97 Å². The Morgan fingerprint density at radius 3 is 2.77 bits per heavy atom. The highest BCUT2D eigenvalue weighted by Gasteiger charge is 2.12. The summed E-state index contributed by atoms with van der Waals surface area (Å²) in [7, 11) is 0. The summed E-state index contributed by atoms with van der Waals surface area (Å²) in [5, 5.41) is 12.7. The van der Waals surface area contributed by atoms with Gasteiger partial charge in [-0.1, -0.05) is 26.0 Å². The van der Waals surface area contributed by atoms with Crippen LogP contribution in [0.1, 0.15) is 50.4 Å². The van der Waals surface area contributed by atoms with E-state index in [1.807, 2.05) is 19.9 Å². The van der Waals surface area contributed by atoms with Crippen LogP contribution in [0.15, 0.2) is 30.5 Å². The van der Waals surface area contributed by atoms with E-state index in [1.165, 1.54) is 11.3 Å². The number of hydrogen-bond donors (Lipinski definition) is 2. The Kier molecular flexibility index (Phi) is 5.27. The molecule has 0 radical (unpaired) electrons. The number of carbonyl (C=O) groups is 2. The third-order valence-electron chi connectivity index (χ3n) is 3.11. The number of aromatic nitrogens is 1. The third kappa shape index (κ3) is 4.14. The van der Waals surface area contributed by atoms with Gasteiger partial charge < -0.3 is 10.4 Å². The van der Waals surface area contributed by atoms with Crippen molar-refractivity contribution in [3.8, 4) is 0 Å². The van der Waals surface area contributed by atoms with Gasteiger partial charge in [-0.15, -0.1) is 11.3 Å². The molecule has 0 atom stereocenters. The van der Waals surface area contributed by atoms with Gasteiger partial charge in [0.1, 0.15) is 4.88 Å². The van der Waals surface area contributed by atoms with Crippen LogP contribution in [0, 0.1) is 0 Å².